The van der Waals surface area contributed by atoms with Crippen molar-refractivity contribution in [2.75, 3.05) is 19.3 Å². The molecule has 0 amide bonds. The fourth-order valence-electron chi connectivity index (χ4n) is 1.13. The van der Waals surface area contributed by atoms with Gasteiger partial charge in [-0.2, -0.15) is 0 Å². The smallest absolute Gasteiger partial charge is 0.303 e. The molecule has 2 unspecified atom stereocenters. The predicted octanol–water partition coefficient (Wildman–Crippen LogP) is 0.988. The van der Waals surface area contributed by atoms with Crippen molar-refractivity contribution in [2.24, 2.45) is 0 Å². The average Bonchev–Trinajstić information content (AvgIpc) is 2.15. The highest BCUT2D eigenvalue weighted by molar-refractivity contribution is 7.84. The molecule has 0 radical (unpaired) electrons. The Morgan fingerprint density at radius 3 is 2.60 bits per heavy atom. The van der Waals surface area contributed by atoms with Gasteiger partial charge in [-0.3, -0.25) is 9.00 Å². The molecule has 0 spiro atoms. The van der Waals surface area contributed by atoms with Gasteiger partial charge in [0.2, 0.25) is 0 Å². The van der Waals surface area contributed by atoms with E-state index in [0.29, 0.717) is 0 Å². The summed E-state index contributed by atoms with van der Waals surface area (Å²) in [6.45, 7) is 3.59. The van der Waals surface area contributed by atoms with E-state index in [4.69, 9.17) is 5.11 Å². The summed E-state index contributed by atoms with van der Waals surface area (Å²) in [7, 11) is -0.766. The summed E-state index contributed by atoms with van der Waals surface area (Å²) < 4.78 is 11.0. The molecule has 0 aromatic heterocycles. The van der Waals surface area contributed by atoms with Crippen LogP contribution in [0.1, 0.15) is 32.6 Å². The molecule has 0 fully saturated rings. The van der Waals surface area contributed by atoms with Gasteiger partial charge in [0.15, 0.2) is 0 Å². The van der Waals surface area contributed by atoms with E-state index in [2.05, 4.69) is 5.32 Å². The summed E-state index contributed by atoms with van der Waals surface area (Å²) in [6, 6.07) is 0. The highest BCUT2D eigenvalue weighted by Gasteiger charge is 2.04. The summed E-state index contributed by atoms with van der Waals surface area (Å²) in [5, 5.41) is 11.8. The Labute approximate surface area is 93.9 Å². The molecule has 2 atom stereocenters. The predicted molar refractivity (Wildman–Crippen MR) is 62.5 cm³/mol. The number of nitrogens with one attached hydrogen (secondary N) is 1. The first-order chi connectivity index (χ1) is 7.04. The molecule has 90 valence electrons. The maximum atomic E-state index is 11.0. The van der Waals surface area contributed by atoms with Crippen LogP contribution in [0, 0.1) is 0 Å². The monoisotopic (exact) mass is 235 g/mol. The Morgan fingerprint density at radius 1 is 1.40 bits per heavy atom. The molecule has 0 aromatic carbocycles. The van der Waals surface area contributed by atoms with E-state index < -0.39 is 16.8 Å². The topological polar surface area (TPSA) is 66.4 Å². The van der Waals surface area contributed by atoms with Gasteiger partial charge in [0.05, 0.1) is 0 Å². The molecular weight excluding hydrogens is 214 g/mol. The second-order valence-electron chi connectivity index (χ2n) is 3.72. The van der Waals surface area contributed by atoms with Crippen molar-refractivity contribution < 1.29 is 14.1 Å². The first-order valence-electron chi connectivity index (χ1n) is 5.28. The van der Waals surface area contributed by atoms with Crippen molar-refractivity contribution in [3.05, 3.63) is 0 Å². The van der Waals surface area contributed by atoms with Crippen LogP contribution < -0.4 is 5.32 Å². The molecule has 0 aliphatic heterocycles. The standard InChI is InChI=1S/C10H21NO3S/c1-9(15(2)14)8-11-7-5-3-4-6-10(12)13/h9,11H,3-8H2,1-2H3,(H,12,13). The lowest BCUT2D eigenvalue weighted by Crippen LogP contribution is -2.28. The van der Waals surface area contributed by atoms with E-state index in [-0.39, 0.29) is 11.7 Å². The van der Waals surface area contributed by atoms with E-state index in [1.54, 1.807) is 6.26 Å². The minimum Gasteiger partial charge on any atom is -0.481 e. The van der Waals surface area contributed by atoms with Crippen LogP contribution in [0.25, 0.3) is 0 Å². The molecular formula is C10H21NO3S. The van der Waals surface area contributed by atoms with Crippen LogP contribution >= 0.6 is 0 Å². The van der Waals surface area contributed by atoms with Crippen molar-refractivity contribution in [2.45, 2.75) is 37.9 Å². The van der Waals surface area contributed by atoms with Crippen LogP contribution in [0.5, 0.6) is 0 Å². The van der Waals surface area contributed by atoms with E-state index in [1.807, 2.05) is 6.92 Å². The molecule has 2 N–H and O–H groups in total. The van der Waals surface area contributed by atoms with Crippen molar-refractivity contribution in [1.82, 2.24) is 5.32 Å². The van der Waals surface area contributed by atoms with Gasteiger partial charge in [0.25, 0.3) is 0 Å². The highest BCUT2D eigenvalue weighted by Crippen LogP contribution is 1.98. The second kappa shape index (κ2) is 8.85. The van der Waals surface area contributed by atoms with Crippen LogP contribution in [-0.4, -0.2) is 39.9 Å². The molecule has 0 aliphatic carbocycles. The second-order valence-corrected chi connectivity index (χ2v) is 5.52. The summed E-state index contributed by atoms with van der Waals surface area (Å²) in [4.78, 5) is 10.2. The Morgan fingerprint density at radius 2 is 2.07 bits per heavy atom. The first-order valence-corrected chi connectivity index (χ1v) is 6.91. The number of aliphatic carboxylic acids is 1. The van der Waals surface area contributed by atoms with Crippen LogP contribution in [0.2, 0.25) is 0 Å². The molecule has 15 heavy (non-hydrogen) atoms. The van der Waals surface area contributed by atoms with Crippen LogP contribution in [-0.2, 0) is 15.6 Å². The van der Waals surface area contributed by atoms with Crippen LogP contribution in [0.4, 0.5) is 0 Å². The number of hydrogen-bond acceptors (Lipinski definition) is 3. The first kappa shape index (κ1) is 14.6. The van der Waals surface area contributed by atoms with Gasteiger partial charge in [0.1, 0.15) is 0 Å². The third-order valence-corrected chi connectivity index (χ3v) is 3.54. The lowest BCUT2D eigenvalue weighted by Gasteiger charge is -2.09. The van der Waals surface area contributed by atoms with E-state index >= 15 is 0 Å². The normalized spacial score (nSPS) is 14.8. The van der Waals surface area contributed by atoms with Crippen LogP contribution in [0.3, 0.4) is 0 Å². The van der Waals surface area contributed by atoms with Crippen molar-refractivity contribution in [3.8, 4) is 0 Å². The summed E-state index contributed by atoms with van der Waals surface area (Å²) >= 11 is 0. The molecule has 0 rings (SSSR count). The average molecular weight is 235 g/mol. The van der Waals surface area contributed by atoms with Crippen molar-refractivity contribution in [1.29, 1.82) is 0 Å². The van der Waals surface area contributed by atoms with Gasteiger partial charge in [-0.15, -0.1) is 0 Å². The number of carboxylic acid groups (broad SMARTS) is 1. The number of carbonyl (C=O) groups is 1. The Kier molecular flexibility index (Phi) is 8.61. The van der Waals surface area contributed by atoms with E-state index in [0.717, 1.165) is 32.4 Å². The summed E-state index contributed by atoms with van der Waals surface area (Å²) in [5.74, 6) is -0.724. The zero-order chi connectivity index (χ0) is 11.7. The number of unbranched alkanes of at least 4 members (excludes halogenated alkanes) is 2. The Bertz CT molecular complexity index is 209. The maximum Gasteiger partial charge on any atom is 0.303 e. The molecule has 5 heteroatoms. The van der Waals surface area contributed by atoms with Gasteiger partial charge in [-0.1, -0.05) is 6.42 Å². The fraction of sp³-hybridized carbons (Fsp3) is 0.900. The number of rotatable bonds is 9. The van der Waals surface area contributed by atoms with E-state index in [9.17, 15) is 9.00 Å². The van der Waals surface area contributed by atoms with E-state index in [1.165, 1.54) is 0 Å². The molecule has 0 aromatic rings. The number of carboxylic acids is 1. The Balaban J connectivity index is 3.18. The van der Waals surface area contributed by atoms with Crippen molar-refractivity contribution in [3.63, 3.8) is 0 Å². The van der Waals surface area contributed by atoms with Crippen molar-refractivity contribution >= 4 is 16.8 Å². The summed E-state index contributed by atoms with van der Waals surface area (Å²) in [6.07, 6.45) is 4.63. The SMILES string of the molecule is CC(CNCCCCCC(=O)O)S(C)=O. The Hall–Kier alpha value is -0.420. The highest BCUT2D eigenvalue weighted by atomic mass is 32.2. The lowest BCUT2D eigenvalue weighted by atomic mass is 10.2. The third kappa shape index (κ3) is 9.87. The van der Waals surface area contributed by atoms with Gasteiger partial charge in [-0.25, -0.2) is 0 Å². The number of hydrogen-bond donors (Lipinski definition) is 2. The quantitative estimate of drug-likeness (QED) is 0.585. The summed E-state index contributed by atoms with van der Waals surface area (Å²) in [5.41, 5.74) is 0. The molecule has 0 aliphatic rings. The van der Waals surface area contributed by atoms with Gasteiger partial charge in [0, 0.05) is 35.3 Å². The molecule has 4 nitrogen and oxygen atoms in total. The van der Waals surface area contributed by atoms with Gasteiger partial charge >= 0.3 is 5.97 Å². The molecule has 0 bridgehead atoms. The third-order valence-electron chi connectivity index (χ3n) is 2.24. The zero-order valence-electron chi connectivity index (χ0n) is 9.49. The minimum atomic E-state index is -0.766. The van der Waals surface area contributed by atoms with Gasteiger partial charge in [-0.05, 0) is 26.3 Å². The molecule has 0 heterocycles. The maximum absolute atomic E-state index is 11.0. The minimum absolute atomic E-state index is 0.184. The fourth-order valence-corrected chi connectivity index (χ4v) is 1.48. The van der Waals surface area contributed by atoms with Crippen LogP contribution in [0.15, 0.2) is 0 Å². The zero-order valence-corrected chi connectivity index (χ0v) is 10.3. The molecule has 0 saturated heterocycles. The molecule has 0 saturated carbocycles. The lowest BCUT2D eigenvalue weighted by molar-refractivity contribution is -0.137. The van der Waals surface area contributed by atoms with Gasteiger partial charge < -0.3 is 10.4 Å². The largest absolute Gasteiger partial charge is 0.481 e.